The molecule has 0 aliphatic rings. The van der Waals surface area contributed by atoms with Crippen LogP contribution in [0.25, 0.3) is 10.1 Å². The van der Waals surface area contributed by atoms with E-state index in [9.17, 15) is 0 Å². The predicted octanol–water partition coefficient (Wildman–Crippen LogP) is 3.53. The molecule has 0 fully saturated rings. The Kier molecular flexibility index (Phi) is 3.06. The minimum atomic E-state index is 0.574. The average molecular weight is 226 g/mol. The number of alkyl halides is 1. The molecule has 0 radical (unpaired) electrons. The Morgan fingerprint density at radius 2 is 2.14 bits per heavy atom. The fourth-order valence-corrected chi connectivity index (χ4v) is 2.53. The summed E-state index contributed by atoms with van der Waals surface area (Å²) in [5.74, 6) is 0. The fourth-order valence-electron chi connectivity index (χ4n) is 1.49. The van der Waals surface area contributed by atoms with Crippen molar-refractivity contribution in [2.24, 2.45) is 0 Å². The van der Waals surface area contributed by atoms with Crippen molar-refractivity contribution in [2.75, 3.05) is 13.1 Å². The highest BCUT2D eigenvalue weighted by molar-refractivity contribution is 7.17. The second-order valence-corrected chi connectivity index (χ2v) is 4.54. The van der Waals surface area contributed by atoms with Gasteiger partial charge in [-0.3, -0.25) is 4.90 Å². The molecule has 1 nitrogen and oxygen atoms in total. The molecule has 0 aliphatic heterocycles. The number of rotatable bonds is 3. The zero-order chi connectivity index (χ0) is 9.97. The van der Waals surface area contributed by atoms with Gasteiger partial charge in [0.1, 0.15) is 0 Å². The zero-order valence-electron chi connectivity index (χ0n) is 8.03. The van der Waals surface area contributed by atoms with Crippen LogP contribution in [0.2, 0.25) is 0 Å². The Morgan fingerprint density at radius 3 is 2.93 bits per heavy atom. The van der Waals surface area contributed by atoms with Crippen molar-refractivity contribution in [3.05, 3.63) is 35.2 Å². The molecule has 0 N–H and O–H groups in total. The lowest BCUT2D eigenvalue weighted by Gasteiger charge is -2.11. The molecule has 3 heteroatoms. The van der Waals surface area contributed by atoms with Gasteiger partial charge in [0.15, 0.2) is 0 Å². The van der Waals surface area contributed by atoms with Crippen LogP contribution in [0.15, 0.2) is 29.6 Å². The van der Waals surface area contributed by atoms with E-state index in [1.165, 1.54) is 15.6 Å². The van der Waals surface area contributed by atoms with E-state index in [1.54, 1.807) is 11.3 Å². The molecule has 0 atom stereocenters. The van der Waals surface area contributed by atoms with Gasteiger partial charge in [0.05, 0.1) is 6.00 Å². The van der Waals surface area contributed by atoms with Gasteiger partial charge in [-0.2, -0.15) is 0 Å². The number of hydrogen-bond acceptors (Lipinski definition) is 2. The average Bonchev–Trinajstić information content (AvgIpc) is 2.62. The highest BCUT2D eigenvalue weighted by Gasteiger charge is 2.04. The van der Waals surface area contributed by atoms with E-state index in [4.69, 9.17) is 11.6 Å². The maximum absolute atomic E-state index is 5.75. The summed E-state index contributed by atoms with van der Waals surface area (Å²) in [6.07, 6.45) is 0. The molecule has 0 aliphatic carbocycles. The first-order valence-corrected chi connectivity index (χ1v) is 5.92. The third-order valence-corrected chi connectivity index (χ3v) is 3.63. The van der Waals surface area contributed by atoms with E-state index in [0.29, 0.717) is 6.00 Å². The Morgan fingerprint density at radius 1 is 1.36 bits per heavy atom. The standard InChI is InChI=1S/C11H12ClNS/c1-13(8-12)6-9-7-14-11-5-3-2-4-10(9)11/h2-5,7H,6,8H2,1H3. The normalized spacial score (nSPS) is 11.4. The SMILES string of the molecule is CN(CCl)Cc1csc2ccccc12. The van der Waals surface area contributed by atoms with E-state index in [1.807, 2.05) is 7.05 Å². The summed E-state index contributed by atoms with van der Waals surface area (Å²) in [5, 5.41) is 3.57. The molecule has 1 aromatic carbocycles. The second kappa shape index (κ2) is 4.30. The Balaban J connectivity index is 2.33. The first-order chi connectivity index (χ1) is 6.81. The lowest BCUT2D eigenvalue weighted by atomic mass is 10.2. The lowest BCUT2D eigenvalue weighted by molar-refractivity contribution is 0.384. The molecule has 74 valence electrons. The number of benzene rings is 1. The van der Waals surface area contributed by atoms with E-state index in [2.05, 4.69) is 34.5 Å². The van der Waals surface area contributed by atoms with Gasteiger partial charge >= 0.3 is 0 Å². The molecule has 1 aromatic heterocycles. The van der Waals surface area contributed by atoms with E-state index in [-0.39, 0.29) is 0 Å². The summed E-state index contributed by atoms with van der Waals surface area (Å²) in [6.45, 7) is 0.924. The second-order valence-electron chi connectivity index (χ2n) is 3.39. The molecule has 0 saturated heterocycles. The minimum absolute atomic E-state index is 0.574. The van der Waals surface area contributed by atoms with Crippen molar-refractivity contribution in [3.63, 3.8) is 0 Å². The van der Waals surface area contributed by atoms with E-state index in [0.717, 1.165) is 6.54 Å². The van der Waals surface area contributed by atoms with Crippen LogP contribution in [0, 0.1) is 0 Å². The lowest BCUT2D eigenvalue weighted by Crippen LogP contribution is -2.14. The number of fused-ring (bicyclic) bond motifs is 1. The van der Waals surface area contributed by atoms with Crippen molar-refractivity contribution < 1.29 is 0 Å². The zero-order valence-corrected chi connectivity index (χ0v) is 9.61. The quantitative estimate of drug-likeness (QED) is 0.571. The van der Waals surface area contributed by atoms with Crippen LogP contribution in [-0.4, -0.2) is 18.0 Å². The smallest absolute Gasteiger partial charge is 0.0738 e. The van der Waals surface area contributed by atoms with Gasteiger partial charge in [0.2, 0.25) is 0 Å². The van der Waals surface area contributed by atoms with Gasteiger partial charge in [0, 0.05) is 11.2 Å². The molecule has 0 saturated carbocycles. The summed E-state index contributed by atoms with van der Waals surface area (Å²) in [7, 11) is 2.03. The van der Waals surface area contributed by atoms with Crippen molar-refractivity contribution >= 4 is 33.0 Å². The highest BCUT2D eigenvalue weighted by Crippen LogP contribution is 2.26. The van der Waals surface area contributed by atoms with Crippen molar-refractivity contribution in [1.82, 2.24) is 4.90 Å². The summed E-state index contributed by atoms with van der Waals surface area (Å²) in [6, 6.07) is 9.06. The molecule has 2 rings (SSSR count). The van der Waals surface area contributed by atoms with Gasteiger partial charge in [-0.15, -0.1) is 22.9 Å². The van der Waals surface area contributed by atoms with Crippen LogP contribution in [-0.2, 0) is 6.54 Å². The van der Waals surface area contributed by atoms with Crippen molar-refractivity contribution in [3.8, 4) is 0 Å². The molecular weight excluding hydrogens is 214 g/mol. The van der Waals surface area contributed by atoms with Gasteiger partial charge < -0.3 is 0 Å². The van der Waals surface area contributed by atoms with Crippen LogP contribution in [0.4, 0.5) is 0 Å². The largest absolute Gasteiger partial charge is 0.289 e. The Hall–Kier alpha value is -0.570. The predicted molar refractivity (Wildman–Crippen MR) is 64.0 cm³/mol. The molecule has 0 bridgehead atoms. The third-order valence-electron chi connectivity index (χ3n) is 2.21. The molecule has 0 amide bonds. The Labute approximate surface area is 92.9 Å². The number of hydrogen-bond donors (Lipinski definition) is 0. The van der Waals surface area contributed by atoms with Gasteiger partial charge in [-0.25, -0.2) is 0 Å². The van der Waals surface area contributed by atoms with Crippen LogP contribution < -0.4 is 0 Å². The molecule has 0 unspecified atom stereocenters. The van der Waals surface area contributed by atoms with Gasteiger partial charge in [0.25, 0.3) is 0 Å². The number of nitrogens with zero attached hydrogens (tertiary/aromatic N) is 1. The molecular formula is C11H12ClNS. The summed E-state index contributed by atoms with van der Waals surface area (Å²) in [4.78, 5) is 2.09. The van der Waals surface area contributed by atoms with Crippen LogP contribution >= 0.6 is 22.9 Å². The van der Waals surface area contributed by atoms with Crippen LogP contribution in [0.3, 0.4) is 0 Å². The summed E-state index contributed by atoms with van der Waals surface area (Å²) < 4.78 is 1.35. The van der Waals surface area contributed by atoms with Gasteiger partial charge in [-0.05, 0) is 29.4 Å². The molecule has 2 aromatic rings. The monoisotopic (exact) mass is 225 g/mol. The van der Waals surface area contributed by atoms with Crippen molar-refractivity contribution in [2.45, 2.75) is 6.54 Å². The van der Waals surface area contributed by atoms with Gasteiger partial charge in [-0.1, -0.05) is 18.2 Å². The molecule has 0 spiro atoms. The number of halogens is 1. The first kappa shape index (κ1) is 9.97. The van der Waals surface area contributed by atoms with E-state index >= 15 is 0 Å². The minimum Gasteiger partial charge on any atom is -0.289 e. The number of thiophene rings is 1. The van der Waals surface area contributed by atoms with Crippen LogP contribution in [0.1, 0.15) is 5.56 Å². The summed E-state index contributed by atoms with van der Waals surface area (Å²) in [5.41, 5.74) is 1.37. The summed E-state index contributed by atoms with van der Waals surface area (Å²) >= 11 is 7.55. The van der Waals surface area contributed by atoms with Crippen molar-refractivity contribution in [1.29, 1.82) is 0 Å². The highest BCUT2D eigenvalue weighted by atomic mass is 35.5. The van der Waals surface area contributed by atoms with Crippen LogP contribution in [0.5, 0.6) is 0 Å². The maximum Gasteiger partial charge on any atom is 0.0738 e. The maximum atomic E-state index is 5.75. The van der Waals surface area contributed by atoms with E-state index < -0.39 is 0 Å². The fraction of sp³-hybridized carbons (Fsp3) is 0.273. The Bertz CT molecular complexity index is 424. The third kappa shape index (κ3) is 1.92. The first-order valence-electron chi connectivity index (χ1n) is 4.51. The molecule has 14 heavy (non-hydrogen) atoms. The molecule has 1 heterocycles. The topological polar surface area (TPSA) is 3.24 Å².